The first-order valence-electron chi connectivity index (χ1n) is 4.72. The zero-order valence-corrected chi connectivity index (χ0v) is 10.4. The molecule has 0 aliphatic carbocycles. The fourth-order valence-electron chi connectivity index (χ4n) is 1.31. The summed E-state index contributed by atoms with van der Waals surface area (Å²) in [6, 6.07) is 0. The molecule has 2 rings (SSSR count). The SMILES string of the molecule is C[S@@]1(=O)=NCCC1.C[S@]1(=O)=NCCC1. The third kappa shape index (κ3) is 4.41. The highest BCUT2D eigenvalue weighted by Gasteiger charge is 2.06. The Morgan fingerprint density at radius 2 is 1.21 bits per heavy atom. The number of hydrogen-bond acceptors (Lipinski definition) is 4. The number of rotatable bonds is 0. The van der Waals surface area contributed by atoms with Gasteiger partial charge < -0.3 is 0 Å². The van der Waals surface area contributed by atoms with Crippen LogP contribution in [0.2, 0.25) is 0 Å². The van der Waals surface area contributed by atoms with Crippen molar-refractivity contribution < 1.29 is 8.42 Å². The fourth-order valence-corrected chi connectivity index (χ4v) is 3.93. The summed E-state index contributed by atoms with van der Waals surface area (Å²) in [5.41, 5.74) is 0. The second-order valence-electron chi connectivity index (χ2n) is 3.74. The lowest BCUT2D eigenvalue weighted by atomic mass is 10.5. The summed E-state index contributed by atoms with van der Waals surface area (Å²) in [7, 11) is -3.34. The van der Waals surface area contributed by atoms with Crippen LogP contribution in [0.1, 0.15) is 12.8 Å². The van der Waals surface area contributed by atoms with E-state index >= 15 is 0 Å². The van der Waals surface area contributed by atoms with Gasteiger partial charge in [0.1, 0.15) is 0 Å². The minimum Gasteiger partial charge on any atom is -0.250 e. The molecule has 0 unspecified atom stereocenters. The van der Waals surface area contributed by atoms with Gasteiger partial charge in [-0.1, -0.05) is 0 Å². The third-order valence-electron chi connectivity index (χ3n) is 2.09. The molecule has 0 saturated carbocycles. The van der Waals surface area contributed by atoms with Crippen molar-refractivity contribution in [1.82, 2.24) is 0 Å². The Morgan fingerprint density at radius 3 is 1.29 bits per heavy atom. The van der Waals surface area contributed by atoms with Gasteiger partial charge in [0.15, 0.2) is 0 Å². The lowest BCUT2D eigenvalue weighted by molar-refractivity contribution is 0.682. The summed E-state index contributed by atoms with van der Waals surface area (Å²) in [5, 5.41) is 0. The summed E-state index contributed by atoms with van der Waals surface area (Å²) in [5.74, 6) is 1.62. The van der Waals surface area contributed by atoms with Crippen molar-refractivity contribution in [2.24, 2.45) is 8.73 Å². The zero-order valence-electron chi connectivity index (χ0n) is 8.77. The molecule has 0 N–H and O–H groups in total. The molecule has 0 aromatic rings. The Labute approximate surface area is 86.8 Å². The van der Waals surface area contributed by atoms with Gasteiger partial charge in [-0.15, -0.1) is 0 Å². The van der Waals surface area contributed by atoms with Crippen LogP contribution in [0.15, 0.2) is 8.73 Å². The van der Waals surface area contributed by atoms with Crippen molar-refractivity contribution in [3.8, 4) is 0 Å². The lowest BCUT2D eigenvalue weighted by Gasteiger charge is -1.85. The Bertz CT molecular complexity index is 373. The maximum absolute atomic E-state index is 10.8. The maximum atomic E-state index is 10.8. The molecule has 0 aromatic heterocycles. The molecule has 4 nitrogen and oxygen atoms in total. The first-order valence-corrected chi connectivity index (χ1v) is 8.91. The van der Waals surface area contributed by atoms with Gasteiger partial charge in [-0.3, -0.25) is 8.42 Å². The van der Waals surface area contributed by atoms with Gasteiger partial charge in [0.25, 0.3) is 0 Å². The van der Waals surface area contributed by atoms with Gasteiger partial charge in [0.2, 0.25) is 0 Å². The van der Waals surface area contributed by atoms with Gasteiger partial charge in [-0.2, -0.15) is 0 Å². The van der Waals surface area contributed by atoms with Gasteiger partial charge >= 0.3 is 0 Å². The average molecular weight is 238 g/mol. The third-order valence-corrected chi connectivity index (χ3v) is 5.64. The predicted molar refractivity (Wildman–Crippen MR) is 61.7 cm³/mol. The zero-order chi connectivity index (χ0) is 10.7. The van der Waals surface area contributed by atoms with Crippen molar-refractivity contribution in [3.05, 3.63) is 0 Å². The van der Waals surface area contributed by atoms with Crippen LogP contribution in [-0.2, 0) is 19.5 Å². The minimum atomic E-state index is -1.67. The molecular formula is C8H18N2O2S2. The van der Waals surface area contributed by atoms with Gasteiger partial charge in [0, 0.05) is 56.6 Å². The highest BCUT2D eigenvalue weighted by atomic mass is 32.2. The van der Waals surface area contributed by atoms with Crippen molar-refractivity contribution >= 4 is 19.5 Å². The molecule has 0 bridgehead atoms. The smallest absolute Gasteiger partial charge is 0.0493 e. The van der Waals surface area contributed by atoms with E-state index in [1.807, 2.05) is 0 Å². The van der Waals surface area contributed by atoms with Crippen LogP contribution in [0.25, 0.3) is 0 Å². The molecule has 0 spiro atoms. The molecule has 0 saturated heterocycles. The van der Waals surface area contributed by atoms with Crippen molar-refractivity contribution in [1.29, 1.82) is 0 Å². The fraction of sp³-hybridized carbons (Fsp3) is 1.00. The first-order chi connectivity index (χ1) is 6.41. The van der Waals surface area contributed by atoms with Gasteiger partial charge in [-0.25, -0.2) is 8.73 Å². The average Bonchev–Trinajstić information content (AvgIpc) is 2.60. The van der Waals surface area contributed by atoms with Crippen LogP contribution in [0.3, 0.4) is 0 Å². The summed E-state index contributed by atoms with van der Waals surface area (Å²) < 4.78 is 29.4. The van der Waals surface area contributed by atoms with Gasteiger partial charge in [-0.05, 0) is 12.8 Å². The standard InChI is InChI=1S/2C4H9NOS/c2*1-7(6)4-2-3-5-7/h2*2-4H2,1H3/t2*7-/m10/s1. The summed E-state index contributed by atoms with van der Waals surface area (Å²) >= 11 is 0. The second-order valence-corrected chi connectivity index (χ2v) is 8.91. The molecule has 2 atom stereocenters. The summed E-state index contributed by atoms with van der Waals surface area (Å²) in [4.78, 5) is 0. The molecule has 14 heavy (non-hydrogen) atoms. The largest absolute Gasteiger partial charge is 0.250 e. The highest BCUT2D eigenvalue weighted by molar-refractivity contribution is 7.93. The number of hydrogen-bond donors (Lipinski definition) is 0. The minimum absolute atomic E-state index is 0.812. The van der Waals surface area contributed by atoms with E-state index in [1.165, 1.54) is 0 Å². The molecule has 84 valence electrons. The van der Waals surface area contributed by atoms with Crippen LogP contribution in [0, 0.1) is 0 Å². The molecule has 0 fully saturated rings. The normalized spacial score (nSPS) is 40.7. The van der Waals surface area contributed by atoms with Crippen LogP contribution < -0.4 is 0 Å². The molecule has 2 heterocycles. The van der Waals surface area contributed by atoms with E-state index in [0.717, 1.165) is 37.4 Å². The van der Waals surface area contributed by atoms with Gasteiger partial charge in [0.05, 0.1) is 0 Å². The van der Waals surface area contributed by atoms with E-state index in [4.69, 9.17) is 0 Å². The predicted octanol–water partition coefficient (Wildman–Crippen LogP) is 0.976. The van der Waals surface area contributed by atoms with E-state index in [1.54, 1.807) is 12.5 Å². The molecule has 2 aliphatic rings. The van der Waals surface area contributed by atoms with Crippen molar-refractivity contribution in [3.63, 3.8) is 0 Å². The van der Waals surface area contributed by atoms with E-state index in [9.17, 15) is 8.42 Å². The quantitative estimate of drug-likeness (QED) is 0.631. The first kappa shape index (κ1) is 12.0. The lowest BCUT2D eigenvalue weighted by Crippen LogP contribution is -1.93. The summed E-state index contributed by atoms with van der Waals surface area (Å²) in [6.45, 7) is 1.63. The Kier molecular flexibility index (Phi) is 3.94. The monoisotopic (exact) mass is 238 g/mol. The maximum Gasteiger partial charge on any atom is 0.0493 e. The van der Waals surface area contributed by atoms with E-state index < -0.39 is 19.5 Å². The molecule has 0 amide bonds. The van der Waals surface area contributed by atoms with E-state index in [0.29, 0.717) is 0 Å². The van der Waals surface area contributed by atoms with Crippen LogP contribution in [0.5, 0.6) is 0 Å². The molecular weight excluding hydrogens is 220 g/mol. The van der Waals surface area contributed by atoms with E-state index in [-0.39, 0.29) is 0 Å². The summed E-state index contributed by atoms with van der Waals surface area (Å²) in [6.07, 6.45) is 5.49. The Hall–Kier alpha value is -0.100. The van der Waals surface area contributed by atoms with Crippen LogP contribution >= 0.6 is 0 Å². The topological polar surface area (TPSA) is 58.9 Å². The highest BCUT2D eigenvalue weighted by Crippen LogP contribution is 2.03. The molecule has 2 aliphatic heterocycles. The van der Waals surface area contributed by atoms with E-state index in [2.05, 4.69) is 8.73 Å². The number of nitrogens with zero attached hydrogens (tertiary/aromatic N) is 2. The van der Waals surface area contributed by atoms with Crippen molar-refractivity contribution in [2.75, 3.05) is 37.1 Å². The Balaban J connectivity index is 0.000000140. The molecule has 0 radical (unpaired) electrons. The van der Waals surface area contributed by atoms with Crippen LogP contribution in [-0.4, -0.2) is 45.5 Å². The molecule has 0 aromatic carbocycles. The Morgan fingerprint density at radius 1 is 0.857 bits per heavy atom. The second kappa shape index (κ2) is 4.61. The van der Waals surface area contributed by atoms with Crippen molar-refractivity contribution in [2.45, 2.75) is 12.8 Å². The van der Waals surface area contributed by atoms with Crippen LogP contribution in [0.4, 0.5) is 0 Å². The molecule has 6 heteroatoms.